The van der Waals surface area contributed by atoms with Crippen LogP contribution in [0.15, 0.2) is 24.3 Å². The fourth-order valence-corrected chi connectivity index (χ4v) is 2.31. The highest BCUT2D eigenvalue weighted by atomic mass is 19.4. The van der Waals surface area contributed by atoms with Gasteiger partial charge in [-0.1, -0.05) is 18.2 Å². The van der Waals surface area contributed by atoms with Gasteiger partial charge in [-0.25, -0.2) is 0 Å². The topological polar surface area (TPSA) is 43.4 Å². The second kappa shape index (κ2) is 6.50. The molecule has 1 aromatic rings. The third kappa shape index (κ3) is 4.08. The summed E-state index contributed by atoms with van der Waals surface area (Å²) in [6.45, 7) is 1.76. The number of halogens is 3. The number of esters is 1. The molecule has 2 rings (SSSR count). The molecular weight excluding hydrogens is 297 g/mol. The smallest absolute Gasteiger partial charge is 0.416 e. The van der Waals surface area contributed by atoms with Gasteiger partial charge in [0.2, 0.25) is 0 Å². The zero-order valence-corrected chi connectivity index (χ0v) is 12.2. The summed E-state index contributed by atoms with van der Waals surface area (Å²) < 4.78 is 43.1. The molecule has 1 fully saturated rings. The zero-order valence-electron chi connectivity index (χ0n) is 12.2. The number of ether oxygens (including phenoxy) is 1. The van der Waals surface area contributed by atoms with Gasteiger partial charge in [-0.15, -0.1) is 0 Å². The van der Waals surface area contributed by atoms with Gasteiger partial charge in [-0.05, 0) is 37.8 Å². The lowest BCUT2D eigenvalue weighted by Gasteiger charge is -2.15. The van der Waals surface area contributed by atoms with E-state index in [1.54, 1.807) is 6.92 Å². The number of benzene rings is 1. The van der Waals surface area contributed by atoms with Crippen LogP contribution in [-0.2, 0) is 26.9 Å². The van der Waals surface area contributed by atoms with Crippen molar-refractivity contribution in [1.82, 2.24) is 0 Å². The summed E-state index contributed by atoms with van der Waals surface area (Å²) in [5, 5.41) is 0. The molecule has 0 heterocycles. The minimum Gasteiger partial charge on any atom is -0.465 e. The van der Waals surface area contributed by atoms with Gasteiger partial charge >= 0.3 is 12.1 Å². The standard InChI is InChI=1S/C16H17F3O3/c1-2-22-15(21)13(14(20)11-6-7-11)9-10-4-3-5-12(8-10)16(17,18)19/h3-5,8,11,13H,2,6-7,9H2,1H3. The van der Waals surface area contributed by atoms with Gasteiger partial charge in [0.1, 0.15) is 5.92 Å². The quantitative estimate of drug-likeness (QED) is 0.597. The minimum atomic E-state index is -4.45. The van der Waals surface area contributed by atoms with Crippen molar-refractivity contribution >= 4 is 11.8 Å². The van der Waals surface area contributed by atoms with E-state index in [2.05, 4.69) is 0 Å². The molecule has 0 N–H and O–H groups in total. The van der Waals surface area contributed by atoms with Crippen LogP contribution in [0.3, 0.4) is 0 Å². The van der Waals surface area contributed by atoms with Gasteiger partial charge in [-0.3, -0.25) is 9.59 Å². The molecule has 120 valence electrons. The summed E-state index contributed by atoms with van der Waals surface area (Å²) in [7, 11) is 0. The number of hydrogen-bond acceptors (Lipinski definition) is 3. The van der Waals surface area contributed by atoms with E-state index < -0.39 is 23.6 Å². The number of alkyl halides is 3. The molecule has 22 heavy (non-hydrogen) atoms. The van der Waals surface area contributed by atoms with E-state index in [9.17, 15) is 22.8 Å². The molecule has 0 saturated heterocycles. The number of rotatable bonds is 6. The maximum atomic E-state index is 12.7. The second-order valence-corrected chi connectivity index (χ2v) is 5.38. The van der Waals surface area contributed by atoms with E-state index in [4.69, 9.17) is 4.74 Å². The molecule has 0 bridgehead atoms. The van der Waals surface area contributed by atoms with Gasteiger partial charge in [0.15, 0.2) is 5.78 Å². The largest absolute Gasteiger partial charge is 0.465 e. The lowest BCUT2D eigenvalue weighted by Crippen LogP contribution is -2.29. The van der Waals surface area contributed by atoms with E-state index in [1.165, 1.54) is 12.1 Å². The molecule has 6 heteroatoms. The van der Waals surface area contributed by atoms with Crippen LogP contribution < -0.4 is 0 Å². The maximum Gasteiger partial charge on any atom is 0.416 e. The Hall–Kier alpha value is -1.85. The lowest BCUT2D eigenvalue weighted by atomic mass is 9.92. The Morgan fingerprint density at radius 3 is 2.55 bits per heavy atom. The number of ketones is 1. The molecular formula is C16H17F3O3. The average Bonchev–Trinajstić information content (AvgIpc) is 3.28. The first-order chi connectivity index (χ1) is 10.3. The number of Topliss-reactive ketones (excluding diaryl/α,β-unsaturated/α-hetero) is 1. The fourth-order valence-electron chi connectivity index (χ4n) is 2.31. The first-order valence-corrected chi connectivity index (χ1v) is 7.19. The van der Waals surface area contributed by atoms with Crippen molar-refractivity contribution in [2.45, 2.75) is 32.4 Å². The molecule has 1 aromatic carbocycles. The number of carbonyl (C=O) groups is 2. The van der Waals surface area contributed by atoms with Gasteiger partial charge in [0, 0.05) is 5.92 Å². The predicted molar refractivity (Wildman–Crippen MR) is 73.0 cm³/mol. The molecule has 0 aliphatic heterocycles. The molecule has 1 aliphatic rings. The Kier molecular flexibility index (Phi) is 4.88. The number of hydrogen-bond donors (Lipinski definition) is 0. The lowest BCUT2D eigenvalue weighted by molar-refractivity contribution is -0.151. The third-order valence-corrected chi connectivity index (χ3v) is 3.59. The van der Waals surface area contributed by atoms with E-state index in [0.717, 1.165) is 25.0 Å². The molecule has 0 amide bonds. The fraction of sp³-hybridized carbons (Fsp3) is 0.500. The van der Waals surface area contributed by atoms with Crippen LogP contribution in [0.5, 0.6) is 0 Å². The van der Waals surface area contributed by atoms with E-state index in [1.807, 2.05) is 0 Å². The molecule has 1 atom stereocenters. The van der Waals surface area contributed by atoms with E-state index in [0.29, 0.717) is 5.56 Å². The Balaban J connectivity index is 2.19. The van der Waals surface area contributed by atoms with E-state index >= 15 is 0 Å². The Labute approximate surface area is 126 Å². The maximum absolute atomic E-state index is 12.7. The van der Waals surface area contributed by atoms with Crippen molar-refractivity contribution in [2.24, 2.45) is 11.8 Å². The van der Waals surface area contributed by atoms with Crippen LogP contribution in [0.2, 0.25) is 0 Å². The Bertz CT molecular complexity index is 562. The highest BCUT2D eigenvalue weighted by molar-refractivity contribution is 6.01. The highest BCUT2D eigenvalue weighted by Gasteiger charge is 2.39. The molecule has 1 unspecified atom stereocenters. The monoisotopic (exact) mass is 314 g/mol. The highest BCUT2D eigenvalue weighted by Crippen LogP contribution is 2.34. The van der Waals surface area contributed by atoms with Gasteiger partial charge in [0.05, 0.1) is 12.2 Å². The van der Waals surface area contributed by atoms with Crippen LogP contribution in [-0.4, -0.2) is 18.4 Å². The molecule has 1 aliphatic carbocycles. The van der Waals surface area contributed by atoms with Gasteiger partial charge < -0.3 is 4.74 Å². The van der Waals surface area contributed by atoms with E-state index in [-0.39, 0.29) is 24.7 Å². The molecule has 3 nitrogen and oxygen atoms in total. The summed E-state index contributed by atoms with van der Waals surface area (Å²) in [4.78, 5) is 24.1. The van der Waals surface area contributed by atoms with Crippen molar-refractivity contribution in [3.63, 3.8) is 0 Å². The normalized spacial score (nSPS) is 16.2. The van der Waals surface area contributed by atoms with Crippen LogP contribution in [0.4, 0.5) is 13.2 Å². The minimum absolute atomic E-state index is 0.0575. The van der Waals surface area contributed by atoms with Crippen LogP contribution in [0, 0.1) is 11.8 Å². The van der Waals surface area contributed by atoms with Crippen molar-refractivity contribution in [1.29, 1.82) is 0 Å². The number of carbonyl (C=O) groups excluding carboxylic acids is 2. The van der Waals surface area contributed by atoms with Crippen molar-refractivity contribution in [3.8, 4) is 0 Å². The first kappa shape index (κ1) is 16.5. The SMILES string of the molecule is CCOC(=O)C(Cc1cccc(C(F)(F)F)c1)C(=O)C1CC1. The van der Waals surface area contributed by atoms with Crippen molar-refractivity contribution < 1.29 is 27.5 Å². The zero-order chi connectivity index (χ0) is 16.3. The molecule has 0 aromatic heterocycles. The van der Waals surface area contributed by atoms with Gasteiger partial charge in [0.25, 0.3) is 0 Å². The van der Waals surface area contributed by atoms with Crippen LogP contribution >= 0.6 is 0 Å². The van der Waals surface area contributed by atoms with Crippen molar-refractivity contribution in [3.05, 3.63) is 35.4 Å². The average molecular weight is 314 g/mol. The van der Waals surface area contributed by atoms with Crippen LogP contribution in [0.1, 0.15) is 30.9 Å². The summed E-state index contributed by atoms with van der Waals surface area (Å²) >= 11 is 0. The van der Waals surface area contributed by atoms with Gasteiger partial charge in [-0.2, -0.15) is 13.2 Å². The summed E-state index contributed by atoms with van der Waals surface area (Å²) in [6, 6.07) is 4.71. The van der Waals surface area contributed by atoms with Crippen molar-refractivity contribution in [2.75, 3.05) is 6.61 Å². The molecule has 0 spiro atoms. The summed E-state index contributed by atoms with van der Waals surface area (Å²) in [5.41, 5.74) is -0.478. The Morgan fingerprint density at radius 2 is 2.00 bits per heavy atom. The molecule has 0 radical (unpaired) electrons. The second-order valence-electron chi connectivity index (χ2n) is 5.38. The predicted octanol–water partition coefficient (Wildman–Crippen LogP) is 3.41. The third-order valence-electron chi connectivity index (χ3n) is 3.59. The van der Waals surface area contributed by atoms with Crippen LogP contribution in [0.25, 0.3) is 0 Å². The summed E-state index contributed by atoms with van der Waals surface area (Å²) in [6.07, 6.45) is -3.04. The first-order valence-electron chi connectivity index (χ1n) is 7.19. The Morgan fingerprint density at radius 1 is 1.32 bits per heavy atom. The molecule has 1 saturated carbocycles. The summed E-state index contributed by atoms with van der Waals surface area (Å²) in [5.74, 6) is -2.05.